The van der Waals surface area contributed by atoms with Crippen molar-refractivity contribution < 1.29 is 33.6 Å². The van der Waals surface area contributed by atoms with Crippen molar-refractivity contribution in [3.63, 3.8) is 0 Å². The van der Waals surface area contributed by atoms with Gasteiger partial charge in [-0.3, -0.25) is 0 Å². The van der Waals surface area contributed by atoms with Crippen molar-refractivity contribution in [1.82, 2.24) is 4.98 Å². The number of ether oxygens (including phenoxy) is 2. The highest BCUT2D eigenvalue weighted by molar-refractivity contribution is 7.99. The number of thioether (sulfide) groups is 1. The molecule has 26 heavy (non-hydrogen) atoms. The maximum Gasteiger partial charge on any atom is 0.221 e. The van der Waals surface area contributed by atoms with Crippen LogP contribution in [-0.2, 0) is 0 Å². The predicted octanol–water partition coefficient (Wildman–Crippen LogP) is 1.57. The summed E-state index contributed by atoms with van der Waals surface area (Å²) >= 11 is 0.994. The van der Waals surface area contributed by atoms with Gasteiger partial charge in [-0.25, -0.2) is 9.37 Å². The third-order valence-corrected chi connectivity index (χ3v) is 5.21. The molecule has 1 fully saturated rings. The normalized spacial score (nSPS) is 25.8. The molecule has 3 rings (SSSR count). The Morgan fingerprint density at radius 2 is 1.96 bits per heavy atom. The molecule has 9 heteroatoms. The molecule has 6 nitrogen and oxygen atoms in total. The van der Waals surface area contributed by atoms with Gasteiger partial charge in [0.25, 0.3) is 0 Å². The quantitative estimate of drug-likeness (QED) is 0.736. The number of pyridine rings is 1. The van der Waals surface area contributed by atoms with Crippen molar-refractivity contribution in [2.45, 2.75) is 23.7 Å². The summed E-state index contributed by atoms with van der Waals surface area (Å²) in [6.07, 6.45) is -2.51. The number of rotatable bonds is 4. The summed E-state index contributed by atoms with van der Waals surface area (Å²) in [5.74, 6) is -2.46. The highest BCUT2D eigenvalue weighted by Crippen LogP contribution is 2.36. The lowest BCUT2D eigenvalue weighted by Crippen LogP contribution is -2.50. The molecule has 1 saturated heterocycles. The van der Waals surface area contributed by atoms with Gasteiger partial charge in [0.15, 0.2) is 17.0 Å². The zero-order valence-electron chi connectivity index (χ0n) is 13.7. The maximum absolute atomic E-state index is 14.2. The molecule has 1 aliphatic heterocycles. The summed E-state index contributed by atoms with van der Waals surface area (Å²) in [4.78, 5) is 4.02. The fourth-order valence-electron chi connectivity index (χ4n) is 2.59. The van der Waals surface area contributed by atoms with E-state index in [2.05, 4.69) is 4.98 Å². The van der Waals surface area contributed by atoms with Gasteiger partial charge in [0.05, 0.1) is 13.2 Å². The van der Waals surface area contributed by atoms with Crippen LogP contribution in [0.3, 0.4) is 0 Å². The van der Waals surface area contributed by atoms with E-state index in [1.165, 1.54) is 19.4 Å². The van der Waals surface area contributed by atoms with E-state index >= 15 is 0 Å². The second kappa shape index (κ2) is 7.75. The molecule has 2 heterocycles. The fourth-order valence-corrected chi connectivity index (χ4v) is 3.70. The molecule has 3 N–H and O–H groups in total. The van der Waals surface area contributed by atoms with Crippen molar-refractivity contribution in [2.24, 2.45) is 0 Å². The number of aliphatic hydroxyl groups is 3. The Hall–Kier alpha value is -1.94. The van der Waals surface area contributed by atoms with Crippen LogP contribution in [0, 0.1) is 11.6 Å². The van der Waals surface area contributed by atoms with Crippen LogP contribution in [0.5, 0.6) is 11.6 Å². The van der Waals surface area contributed by atoms with Crippen molar-refractivity contribution >= 4 is 11.8 Å². The average molecular weight is 385 g/mol. The summed E-state index contributed by atoms with van der Waals surface area (Å²) < 4.78 is 38.8. The molecule has 1 aromatic carbocycles. The predicted molar refractivity (Wildman–Crippen MR) is 91.0 cm³/mol. The number of halogens is 2. The highest BCUT2D eigenvalue weighted by Gasteiger charge is 2.39. The van der Waals surface area contributed by atoms with Gasteiger partial charge in [0.2, 0.25) is 11.7 Å². The van der Waals surface area contributed by atoms with E-state index in [0.29, 0.717) is 5.56 Å². The number of hydrogen-bond donors (Lipinski definition) is 3. The SMILES string of the molecule is COc1ncccc1-c1cc(F)c(F)c(O[C@H]2SC[C@@H](O)[C@H](O)[C@H]2O)c1. The van der Waals surface area contributed by atoms with Crippen LogP contribution in [0.15, 0.2) is 30.5 Å². The Kier molecular flexibility index (Phi) is 5.61. The van der Waals surface area contributed by atoms with Gasteiger partial charge in [-0.2, -0.15) is 4.39 Å². The Morgan fingerprint density at radius 3 is 2.69 bits per heavy atom. The molecule has 4 atom stereocenters. The van der Waals surface area contributed by atoms with Gasteiger partial charge >= 0.3 is 0 Å². The Balaban J connectivity index is 1.94. The number of nitrogens with zero attached hydrogens (tertiary/aromatic N) is 1. The first kappa shape index (κ1) is 18.8. The van der Waals surface area contributed by atoms with Crippen LogP contribution in [0.25, 0.3) is 11.1 Å². The summed E-state index contributed by atoms with van der Waals surface area (Å²) in [6.45, 7) is 0. The summed E-state index contributed by atoms with van der Waals surface area (Å²) in [6, 6.07) is 5.51. The fraction of sp³-hybridized carbons (Fsp3) is 0.353. The van der Waals surface area contributed by atoms with Gasteiger partial charge in [0.1, 0.15) is 12.2 Å². The number of aromatic nitrogens is 1. The van der Waals surface area contributed by atoms with E-state index in [1.807, 2.05) is 0 Å². The van der Waals surface area contributed by atoms with E-state index in [-0.39, 0.29) is 17.2 Å². The van der Waals surface area contributed by atoms with Gasteiger partial charge in [-0.05, 0) is 29.8 Å². The maximum atomic E-state index is 14.2. The molecule has 0 radical (unpaired) electrons. The summed E-state index contributed by atoms with van der Waals surface area (Å²) in [7, 11) is 1.41. The second-order valence-corrected chi connectivity index (χ2v) is 6.83. The Bertz CT molecular complexity index is 794. The Labute approximate surface area is 152 Å². The van der Waals surface area contributed by atoms with Gasteiger partial charge in [0, 0.05) is 17.5 Å². The first-order chi connectivity index (χ1) is 12.4. The largest absolute Gasteiger partial charge is 0.481 e. The van der Waals surface area contributed by atoms with Crippen LogP contribution in [-0.4, -0.2) is 56.9 Å². The van der Waals surface area contributed by atoms with Crippen LogP contribution in [0.4, 0.5) is 8.78 Å². The molecule has 0 amide bonds. The average Bonchev–Trinajstić information content (AvgIpc) is 2.65. The third-order valence-electron chi connectivity index (χ3n) is 3.97. The smallest absolute Gasteiger partial charge is 0.221 e. The van der Waals surface area contributed by atoms with Gasteiger partial charge in [-0.15, -0.1) is 11.8 Å². The molecule has 0 aliphatic carbocycles. The molecule has 2 aromatic rings. The van der Waals surface area contributed by atoms with Crippen molar-refractivity contribution in [3.8, 4) is 22.8 Å². The van der Waals surface area contributed by atoms with E-state index in [0.717, 1.165) is 17.8 Å². The van der Waals surface area contributed by atoms with Crippen molar-refractivity contribution in [1.29, 1.82) is 0 Å². The van der Waals surface area contributed by atoms with Crippen molar-refractivity contribution in [3.05, 3.63) is 42.1 Å². The van der Waals surface area contributed by atoms with E-state index in [9.17, 15) is 24.1 Å². The lowest BCUT2D eigenvalue weighted by atomic mass is 10.1. The van der Waals surface area contributed by atoms with E-state index in [1.54, 1.807) is 12.1 Å². The second-order valence-electron chi connectivity index (χ2n) is 5.70. The van der Waals surface area contributed by atoms with Crippen LogP contribution < -0.4 is 9.47 Å². The number of aliphatic hydroxyl groups excluding tert-OH is 3. The van der Waals surface area contributed by atoms with Crippen LogP contribution in [0.2, 0.25) is 0 Å². The van der Waals surface area contributed by atoms with E-state index < -0.39 is 41.1 Å². The van der Waals surface area contributed by atoms with E-state index in [4.69, 9.17) is 9.47 Å². The molecular weight excluding hydrogens is 368 g/mol. The molecule has 1 aromatic heterocycles. The molecule has 0 saturated carbocycles. The summed E-state index contributed by atoms with van der Waals surface area (Å²) in [5.41, 5.74) is -0.348. The summed E-state index contributed by atoms with van der Waals surface area (Å²) in [5, 5.41) is 29.3. The molecular formula is C17H17F2NO5S. The van der Waals surface area contributed by atoms with Crippen LogP contribution in [0.1, 0.15) is 0 Å². The Morgan fingerprint density at radius 1 is 1.19 bits per heavy atom. The zero-order chi connectivity index (χ0) is 18.8. The minimum absolute atomic E-state index is 0.0864. The number of benzene rings is 1. The molecule has 0 bridgehead atoms. The van der Waals surface area contributed by atoms with Gasteiger partial charge in [-0.1, -0.05) is 0 Å². The standard InChI is InChI=1S/C17H17F2NO5S/c1-24-16-9(3-2-4-20-16)8-5-10(18)13(19)12(6-8)25-17-15(23)14(22)11(21)7-26-17/h2-6,11,14-15,17,21-23H,7H2,1H3/t11-,14+,15-,17+/m1/s1. The van der Waals surface area contributed by atoms with Crippen LogP contribution >= 0.6 is 11.8 Å². The van der Waals surface area contributed by atoms with Crippen molar-refractivity contribution in [2.75, 3.05) is 12.9 Å². The monoisotopic (exact) mass is 385 g/mol. The number of hydrogen-bond acceptors (Lipinski definition) is 7. The third kappa shape index (κ3) is 3.61. The molecule has 140 valence electrons. The topological polar surface area (TPSA) is 92.0 Å². The minimum atomic E-state index is -1.46. The first-order valence-electron chi connectivity index (χ1n) is 7.73. The first-order valence-corrected chi connectivity index (χ1v) is 8.78. The zero-order valence-corrected chi connectivity index (χ0v) is 14.5. The lowest BCUT2D eigenvalue weighted by Gasteiger charge is -2.34. The minimum Gasteiger partial charge on any atom is -0.481 e. The lowest BCUT2D eigenvalue weighted by molar-refractivity contribution is -0.0790. The molecule has 0 unspecified atom stereocenters. The van der Waals surface area contributed by atoms with Gasteiger partial charge < -0.3 is 24.8 Å². The molecule has 1 aliphatic rings. The highest BCUT2D eigenvalue weighted by atomic mass is 32.2. The number of methoxy groups -OCH3 is 1. The molecule has 0 spiro atoms.